The predicted molar refractivity (Wildman–Crippen MR) is 98.2 cm³/mol. The van der Waals surface area contributed by atoms with E-state index in [1.807, 2.05) is 16.5 Å². The molecule has 7 heteroatoms. The average molecular weight is 362 g/mol. The van der Waals surface area contributed by atoms with Crippen molar-refractivity contribution in [1.82, 2.24) is 19.2 Å². The Labute approximate surface area is 152 Å². The largest absolute Gasteiger partial charge is 0.379 e. The first-order valence-electron chi connectivity index (χ1n) is 9.37. The van der Waals surface area contributed by atoms with Crippen molar-refractivity contribution < 1.29 is 9.53 Å². The van der Waals surface area contributed by atoms with Crippen molar-refractivity contribution in [1.29, 1.82) is 0 Å². The SMILES string of the molecule is O=C(c1nc2sccn2c1CN1CCOCC1)N1CCCCCCC1. The number of ether oxygens (including phenoxy) is 1. The Morgan fingerprint density at radius 2 is 1.80 bits per heavy atom. The second-order valence-electron chi connectivity index (χ2n) is 6.91. The number of hydrogen-bond donors (Lipinski definition) is 0. The zero-order valence-corrected chi connectivity index (χ0v) is 15.5. The summed E-state index contributed by atoms with van der Waals surface area (Å²) in [5.74, 6) is 0.112. The molecule has 1 amide bonds. The van der Waals surface area contributed by atoms with Crippen molar-refractivity contribution in [2.75, 3.05) is 39.4 Å². The molecule has 2 saturated heterocycles. The molecule has 2 aliphatic rings. The highest BCUT2D eigenvalue weighted by molar-refractivity contribution is 7.15. The summed E-state index contributed by atoms with van der Waals surface area (Å²) >= 11 is 1.59. The van der Waals surface area contributed by atoms with Crippen LogP contribution in [0.5, 0.6) is 0 Å². The minimum Gasteiger partial charge on any atom is -0.379 e. The van der Waals surface area contributed by atoms with Crippen molar-refractivity contribution in [3.8, 4) is 0 Å². The maximum absolute atomic E-state index is 13.2. The first-order valence-corrected chi connectivity index (χ1v) is 10.2. The summed E-state index contributed by atoms with van der Waals surface area (Å²) in [4.78, 5) is 23.2. The molecule has 0 bridgehead atoms. The summed E-state index contributed by atoms with van der Waals surface area (Å²) < 4.78 is 7.55. The summed E-state index contributed by atoms with van der Waals surface area (Å²) in [5.41, 5.74) is 1.68. The molecule has 0 atom stereocenters. The van der Waals surface area contributed by atoms with Gasteiger partial charge in [-0.2, -0.15) is 0 Å². The van der Waals surface area contributed by atoms with Gasteiger partial charge in [0.25, 0.3) is 5.91 Å². The maximum Gasteiger partial charge on any atom is 0.274 e. The third-order valence-electron chi connectivity index (χ3n) is 5.18. The van der Waals surface area contributed by atoms with Crippen LogP contribution in [0.2, 0.25) is 0 Å². The number of carbonyl (C=O) groups excluding carboxylic acids is 1. The quantitative estimate of drug-likeness (QED) is 0.842. The highest BCUT2D eigenvalue weighted by Crippen LogP contribution is 2.22. The number of imidazole rings is 1. The minimum absolute atomic E-state index is 0.112. The standard InChI is InChI=1S/C18H26N4O2S/c23-17(21-6-4-2-1-3-5-7-21)16-15(14-20-8-11-24-12-9-20)22-10-13-25-18(22)19-16/h10,13H,1-9,11-12,14H2. The van der Waals surface area contributed by atoms with E-state index in [1.165, 1.54) is 19.3 Å². The Morgan fingerprint density at radius 3 is 2.56 bits per heavy atom. The molecule has 0 aromatic carbocycles. The van der Waals surface area contributed by atoms with E-state index in [0.717, 1.165) is 69.4 Å². The van der Waals surface area contributed by atoms with Gasteiger partial charge in [-0.25, -0.2) is 4.98 Å². The number of thiazole rings is 1. The molecule has 136 valence electrons. The molecular weight excluding hydrogens is 336 g/mol. The monoisotopic (exact) mass is 362 g/mol. The normalized spacial score (nSPS) is 20.6. The van der Waals surface area contributed by atoms with E-state index in [9.17, 15) is 4.79 Å². The van der Waals surface area contributed by atoms with E-state index >= 15 is 0 Å². The first-order chi connectivity index (χ1) is 12.3. The molecule has 6 nitrogen and oxygen atoms in total. The van der Waals surface area contributed by atoms with Gasteiger partial charge < -0.3 is 9.64 Å². The van der Waals surface area contributed by atoms with Gasteiger partial charge in [-0.3, -0.25) is 14.1 Å². The smallest absolute Gasteiger partial charge is 0.274 e. The third-order valence-corrected chi connectivity index (χ3v) is 5.94. The van der Waals surface area contributed by atoms with Crippen molar-refractivity contribution in [2.45, 2.75) is 38.6 Å². The molecule has 0 spiro atoms. The summed E-state index contributed by atoms with van der Waals surface area (Å²) in [7, 11) is 0. The molecule has 0 N–H and O–H groups in total. The summed E-state index contributed by atoms with van der Waals surface area (Å²) in [6, 6.07) is 0. The van der Waals surface area contributed by atoms with Crippen LogP contribution >= 0.6 is 11.3 Å². The Hall–Kier alpha value is -1.44. The molecule has 0 saturated carbocycles. The minimum atomic E-state index is 0.112. The van der Waals surface area contributed by atoms with Crippen LogP contribution in [0, 0.1) is 0 Å². The highest BCUT2D eigenvalue weighted by atomic mass is 32.1. The average Bonchev–Trinajstić information content (AvgIpc) is 3.18. The molecule has 0 radical (unpaired) electrons. The number of morpholine rings is 1. The van der Waals surface area contributed by atoms with Gasteiger partial charge in [0.15, 0.2) is 10.7 Å². The Balaban J connectivity index is 1.59. The summed E-state index contributed by atoms with van der Waals surface area (Å²) in [5, 5.41) is 2.04. The van der Waals surface area contributed by atoms with E-state index in [-0.39, 0.29) is 5.91 Å². The van der Waals surface area contributed by atoms with Gasteiger partial charge in [0.2, 0.25) is 0 Å². The van der Waals surface area contributed by atoms with E-state index in [1.54, 1.807) is 11.3 Å². The topological polar surface area (TPSA) is 50.1 Å². The van der Waals surface area contributed by atoms with Crippen LogP contribution in [0.15, 0.2) is 11.6 Å². The Bertz CT molecular complexity index is 712. The second-order valence-corrected chi connectivity index (χ2v) is 7.78. The fourth-order valence-electron chi connectivity index (χ4n) is 3.73. The van der Waals surface area contributed by atoms with Crippen molar-refractivity contribution in [3.63, 3.8) is 0 Å². The third kappa shape index (κ3) is 3.73. The van der Waals surface area contributed by atoms with Crippen molar-refractivity contribution in [3.05, 3.63) is 23.0 Å². The number of fused-ring (bicyclic) bond motifs is 1. The summed E-state index contributed by atoms with van der Waals surface area (Å²) in [6.45, 7) is 5.84. The molecule has 0 unspecified atom stereocenters. The molecule has 2 fully saturated rings. The van der Waals surface area contributed by atoms with E-state index < -0.39 is 0 Å². The lowest BCUT2D eigenvalue weighted by Crippen LogP contribution is -2.38. The van der Waals surface area contributed by atoms with E-state index in [0.29, 0.717) is 5.69 Å². The van der Waals surface area contributed by atoms with Gasteiger partial charge in [0.05, 0.1) is 18.9 Å². The fraction of sp³-hybridized carbons (Fsp3) is 0.667. The second kappa shape index (κ2) is 7.85. The number of hydrogen-bond acceptors (Lipinski definition) is 5. The molecule has 25 heavy (non-hydrogen) atoms. The van der Waals surface area contributed by atoms with Gasteiger partial charge in [-0.15, -0.1) is 11.3 Å². The maximum atomic E-state index is 13.2. The lowest BCUT2D eigenvalue weighted by molar-refractivity contribution is 0.0333. The number of rotatable bonds is 3. The van der Waals surface area contributed by atoms with Crippen LogP contribution in [-0.2, 0) is 11.3 Å². The molecule has 2 aliphatic heterocycles. The van der Waals surface area contributed by atoms with E-state index in [4.69, 9.17) is 9.72 Å². The zero-order valence-electron chi connectivity index (χ0n) is 14.7. The number of likely N-dealkylation sites (tertiary alicyclic amines) is 1. The van der Waals surface area contributed by atoms with Gasteiger partial charge >= 0.3 is 0 Å². The number of carbonyl (C=O) groups is 1. The number of amides is 1. The zero-order chi connectivity index (χ0) is 17.1. The van der Waals surface area contributed by atoms with Crippen LogP contribution in [0.4, 0.5) is 0 Å². The van der Waals surface area contributed by atoms with Crippen LogP contribution < -0.4 is 0 Å². The van der Waals surface area contributed by atoms with E-state index in [2.05, 4.69) is 9.30 Å². The molecule has 4 rings (SSSR count). The van der Waals surface area contributed by atoms with Gasteiger partial charge in [0.1, 0.15) is 0 Å². The van der Waals surface area contributed by atoms with Gasteiger partial charge in [-0.05, 0) is 12.8 Å². The Kier molecular flexibility index (Phi) is 5.33. The number of nitrogens with zero attached hydrogens (tertiary/aromatic N) is 4. The van der Waals surface area contributed by atoms with Crippen LogP contribution in [0.1, 0.15) is 48.3 Å². The first kappa shape index (κ1) is 17.0. The summed E-state index contributed by atoms with van der Waals surface area (Å²) in [6.07, 6.45) is 7.99. The molecule has 2 aromatic rings. The predicted octanol–water partition coefficient (Wildman–Crippen LogP) is 2.63. The van der Waals surface area contributed by atoms with Crippen LogP contribution in [0.3, 0.4) is 0 Å². The Morgan fingerprint density at radius 1 is 1.08 bits per heavy atom. The highest BCUT2D eigenvalue weighted by Gasteiger charge is 2.26. The molecule has 0 aliphatic carbocycles. The van der Waals surface area contributed by atoms with Crippen molar-refractivity contribution in [2.24, 2.45) is 0 Å². The molecule has 2 aromatic heterocycles. The lowest BCUT2D eigenvalue weighted by atomic mass is 10.1. The number of aromatic nitrogens is 2. The molecular formula is C18H26N4O2S. The van der Waals surface area contributed by atoms with Gasteiger partial charge in [-0.1, -0.05) is 19.3 Å². The van der Waals surface area contributed by atoms with Crippen LogP contribution in [-0.4, -0.2) is 64.5 Å². The van der Waals surface area contributed by atoms with Gasteiger partial charge in [0, 0.05) is 44.3 Å². The van der Waals surface area contributed by atoms with Crippen LogP contribution in [0.25, 0.3) is 4.96 Å². The fourth-order valence-corrected chi connectivity index (χ4v) is 4.46. The van der Waals surface area contributed by atoms with Crippen molar-refractivity contribution >= 4 is 22.2 Å². The lowest BCUT2D eigenvalue weighted by Gasteiger charge is -2.27. The molecule has 4 heterocycles.